The van der Waals surface area contributed by atoms with Crippen molar-refractivity contribution in [2.45, 2.75) is 264 Å². The number of quaternary nitrogens is 1. The van der Waals surface area contributed by atoms with Crippen molar-refractivity contribution in [1.82, 2.24) is 0 Å². The van der Waals surface area contributed by atoms with Crippen molar-refractivity contribution < 1.29 is 42.1 Å². The first-order valence-electron chi connectivity index (χ1n) is 28.3. The van der Waals surface area contributed by atoms with Crippen LogP contribution in [0.1, 0.15) is 258 Å². The SMILES string of the molecule is CC/C=C\C/C=C\C/C=C\C/C=C\CCCCCCCCCCCCCCCCCCCCCCCCCCCCC(=O)OC(COC(=O)CCCCCCC)COP(=O)([O-])OCC[N+](C)(C)C. The van der Waals surface area contributed by atoms with Crippen LogP contribution in [0.2, 0.25) is 0 Å². The van der Waals surface area contributed by atoms with E-state index in [1.807, 2.05) is 21.1 Å². The molecule has 10 heteroatoms. The average molecular weight is 978 g/mol. The number of hydrogen-bond donors (Lipinski definition) is 0. The van der Waals surface area contributed by atoms with Crippen LogP contribution in [0.5, 0.6) is 0 Å². The van der Waals surface area contributed by atoms with Crippen LogP contribution in [0.25, 0.3) is 0 Å². The summed E-state index contributed by atoms with van der Waals surface area (Å²) in [5.41, 5.74) is 0. The fraction of sp³-hybridized carbons (Fsp3) is 0.828. The van der Waals surface area contributed by atoms with Gasteiger partial charge in [-0.3, -0.25) is 14.2 Å². The van der Waals surface area contributed by atoms with E-state index < -0.39 is 32.5 Å². The van der Waals surface area contributed by atoms with Gasteiger partial charge in [-0.05, 0) is 51.4 Å². The highest BCUT2D eigenvalue weighted by Gasteiger charge is 2.21. The smallest absolute Gasteiger partial charge is 0.306 e. The number of phosphoric ester groups is 1. The molecular formula is C58H108NO8P. The summed E-state index contributed by atoms with van der Waals surface area (Å²) in [6, 6.07) is 0. The van der Waals surface area contributed by atoms with Gasteiger partial charge in [0.05, 0.1) is 27.7 Å². The highest BCUT2D eigenvalue weighted by atomic mass is 31.2. The fourth-order valence-electron chi connectivity index (χ4n) is 8.00. The Morgan fingerprint density at radius 1 is 0.471 bits per heavy atom. The zero-order valence-electron chi connectivity index (χ0n) is 45.1. The quantitative estimate of drug-likeness (QED) is 0.0195. The molecule has 0 bridgehead atoms. The Kier molecular flexibility index (Phi) is 48.4. The number of rotatable bonds is 52. The molecule has 0 aromatic carbocycles. The van der Waals surface area contributed by atoms with E-state index in [1.54, 1.807) is 0 Å². The second-order valence-electron chi connectivity index (χ2n) is 20.3. The van der Waals surface area contributed by atoms with Gasteiger partial charge in [0.2, 0.25) is 0 Å². The number of allylic oxidation sites excluding steroid dienone is 8. The molecule has 0 aliphatic carbocycles. The lowest BCUT2D eigenvalue weighted by molar-refractivity contribution is -0.870. The monoisotopic (exact) mass is 978 g/mol. The lowest BCUT2D eigenvalue weighted by Crippen LogP contribution is -2.37. The van der Waals surface area contributed by atoms with Gasteiger partial charge in [-0.1, -0.05) is 242 Å². The third-order valence-electron chi connectivity index (χ3n) is 12.4. The third kappa shape index (κ3) is 53.3. The second-order valence-corrected chi connectivity index (χ2v) is 21.7. The van der Waals surface area contributed by atoms with Crippen molar-refractivity contribution >= 4 is 19.8 Å². The summed E-state index contributed by atoms with van der Waals surface area (Å²) in [6.45, 7) is 4.04. The van der Waals surface area contributed by atoms with Gasteiger partial charge in [-0.25, -0.2) is 0 Å². The number of phosphoric acid groups is 1. The van der Waals surface area contributed by atoms with Crippen molar-refractivity contribution in [2.75, 3.05) is 47.5 Å². The lowest BCUT2D eigenvalue weighted by Gasteiger charge is -2.28. The molecular weight excluding hydrogens is 870 g/mol. The van der Waals surface area contributed by atoms with E-state index >= 15 is 0 Å². The number of ether oxygens (including phenoxy) is 2. The van der Waals surface area contributed by atoms with Gasteiger partial charge in [-0.2, -0.15) is 0 Å². The number of esters is 2. The number of unbranched alkanes of at least 4 members (excludes halogenated alkanes) is 30. The highest BCUT2D eigenvalue weighted by molar-refractivity contribution is 7.45. The van der Waals surface area contributed by atoms with Crippen LogP contribution < -0.4 is 4.89 Å². The molecule has 68 heavy (non-hydrogen) atoms. The molecule has 0 aliphatic rings. The van der Waals surface area contributed by atoms with Gasteiger partial charge < -0.3 is 27.9 Å². The molecule has 0 heterocycles. The summed E-state index contributed by atoms with van der Waals surface area (Å²) in [7, 11) is 1.17. The zero-order valence-corrected chi connectivity index (χ0v) is 45.9. The maximum absolute atomic E-state index is 12.7. The molecule has 0 saturated carbocycles. The molecule has 0 spiro atoms. The van der Waals surface area contributed by atoms with Gasteiger partial charge >= 0.3 is 11.9 Å². The van der Waals surface area contributed by atoms with Crippen LogP contribution in [0, 0.1) is 0 Å². The summed E-state index contributed by atoms with van der Waals surface area (Å²) in [5, 5.41) is 0. The molecule has 0 aliphatic heterocycles. The first-order chi connectivity index (χ1) is 33.0. The standard InChI is InChI=1S/C58H108NO8P/c1-6-8-10-12-13-14-15-16-17-18-19-20-21-22-23-24-25-26-27-28-29-30-31-32-33-34-35-36-37-38-39-40-41-42-43-44-45-47-49-51-58(61)67-56(54-64-57(60)50-48-46-11-9-7-2)55-66-68(62,63)65-53-52-59(3,4)5/h8,10,13-14,16-17,19-20,56H,6-7,9,11-12,15,18,21-55H2,1-5H3/b10-8-,14-13-,17-16-,20-19-. The molecule has 0 radical (unpaired) electrons. The Labute approximate surface area is 420 Å². The molecule has 398 valence electrons. The zero-order chi connectivity index (χ0) is 49.9. The molecule has 0 fully saturated rings. The minimum absolute atomic E-state index is 0.0286. The Morgan fingerprint density at radius 3 is 1.25 bits per heavy atom. The van der Waals surface area contributed by atoms with Crippen LogP contribution in [0.4, 0.5) is 0 Å². The Hall–Kier alpha value is -2.03. The molecule has 0 amide bonds. The Morgan fingerprint density at radius 2 is 0.838 bits per heavy atom. The van der Waals surface area contributed by atoms with E-state index in [-0.39, 0.29) is 26.1 Å². The summed E-state index contributed by atoms with van der Waals surface area (Å²) in [5.74, 6) is -0.838. The van der Waals surface area contributed by atoms with Gasteiger partial charge in [0.25, 0.3) is 7.82 Å². The number of likely N-dealkylation sites (N-methyl/N-ethyl adjacent to an activating group) is 1. The van der Waals surface area contributed by atoms with Crippen LogP contribution in [-0.2, 0) is 32.7 Å². The summed E-state index contributed by atoms with van der Waals surface area (Å²) < 4.78 is 33.8. The minimum Gasteiger partial charge on any atom is -0.756 e. The molecule has 2 atom stereocenters. The van der Waals surface area contributed by atoms with Crippen LogP contribution in [0.15, 0.2) is 48.6 Å². The largest absolute Gasteiger partial charge is 0.756 e. The van der Waals surface area contributed by atoms with Crippen molar-refractivity contribution in [3.05, 3.63) is 48.6 Å². The number of hydrogen-bond acceptors (Lipinski definition) is 8. The lowest BCUT2D eigenvalue weighted by atomic mass is 10.0. The molecule has 9 nitrogen and oxygen atoms in total. The topological polar surface area (TPSA) is 111 Å². The van der Waals surface area contributed by atoms with E-state index in [4.69, 9.17) is 18.5 Å². The van der Waals surface area contributed by atoms with E-state index in [9.17, 15) is 19.0 Å². The van der Waals surface area contributed by atoms with Gasteiger partial charge in [0.15, 0.2) is 6.10 Å². The molecule has 0 aromatic heterocycles. The first-order valence-corrected chi connectivity index (χ1v) is 29.8. The van der Waals surface area contributed by atoms with E-state index in [2.05, 4.69) is 62.5 Å². The van der Waals surface area contributed by atoms with Crippen molar-refractivity contribution in [3.8, 4) is 0 Å². The van der Waals surface area contributed by atoms with Crippen LogP contribution in [0.3, 0.4) is 0 Å². The predicted molar refractivity (Wildman–Crippen MR) is 287 cm³/mol. The van der Waals surface area contributed by atoms with Crippen LogP contribution in [-0.4, -0.2) is 70.0 Å². The Bertz CT molecular complexity index is 1290. The molecule has 0 rings (SSSR count). The summed E-state index contributed by atoms with van der Waals surface area (Å²) in [4.78, 5) is 37.3. The summed E-state index contributed by atoms with van der Waals surface area (Å²) >= 11 is 0. The second kappa shape index (κ2) is 49.9. The van der Waals surface area contributed by atoms with Crippen molar-refractivity contribution in [2.24, 2.45) is 0 Å². The van der Waals surface area contributed by atoms with Crippen LogP contribution >= 0.6 is 7.82 Å². The first kappa shape index (κ1) is 66.0. The Balaban J connectivity index is 3.72. The normalized spacial score (nSPS) is 13.7. The molecule has 0 N–H and O–H groups in total. The maximum atomic E-state index is 12.7. The van der Waals surface area contributed by atoms with Gasteiger partial charge in [-0.15, -0.1) is 0 Å². The van der Waals surface area contributed by atoms with E-state index in [0.717, 1.165) is 70.6 Å². The van der Waals surface area contributed by atoms with Crippen molar-refractivity contribution in [1.29, 1.82) is 0 Å². The number of carbonyl (C=O) groups is 2. The predicted octanol–water partition coefficient (Wildman–Crippen LogP) is 16.7. The number of nitrogens with zero attached hydrogens (tertiary/aromatic N) is 1. The van der Waals surface area contributed by atoms with E-state index in [0.29, 0.717) is 17.4 Å². The highest BCUT2D eigenvalue weighted by Crippen LogP contribution is 2.38. The molecule has 0 saturated heterocycles. The van der Waals surface area contributed by atoms with E-state index in [1.165, 1.54) is 154 Å². The summed E-state index contributed by atoms with van der Waals surface area (Å²) in [6.07, 6.45) is 62.5. The maximum Gasteiger partial charge on any atom is 0.306 e. The fourth-order valence-corrected chi connectivity index (χ4v) is 8.73. The molecule has 0 aromatic rings. The number of carbonyl (C=O) groups excluding carboxylic acids is 2. The van der Waals surface area contributed by atoms with Crippen molar-refractivity contribution in [3.63, 3.8) is 0 Å². The average Bonchev–Trinajstić information content (AvgIpc) is 3.30. The van der Waals surface area contributed by atoms with Gasteiger partial charge in [0, 0.05) is 12.8 Å². The molecule has 2 unspecified atom stereocenters. The van der Waals surface area contributed by atoms with Gasteiger partial charge in [0.1, 0.15) is 19.8 Å². The third-order valence-corrected chi connectivity index (χ3v) is 13.3. The minimum atomic E-state index is -4.61.